The Kier molecular flexibility index (Phi) is 4.78. The second-order valence-electron chi connectivity index (χ2n) is 6.60. The van der Waals surface area contributed by atoms with Crippen molar-refractivity contribution < 1.29 is 8.42 Å². The number of hydrogen-bond donors (Lipinski definition) is 0. The van der Waals surface area contributed by atoms with Gasteiger partial charge in [-0.1, -0.05) is 58.4 Å². The Morgan fingerprint density at radius 2 is 1.85 bits per heavy atom. The summed E-state index contributed by atoms with van der Waals surface area (Å²) in [7, 11) is -3.62. The van der Waals surface area contributed by atoms with Crippen molar-refractivity contribution in [2.24, 2.45) is 4.99 Å². The van der Waals surface area contributed by atoms with Gasteiger partial charge in [-0.05, 0) is 47.0 Å². The molecule has 0 aliphatic carbocycles. The molecule has 0 unspecified atom stereocenters. The van der Waals surface area contributed by atoms with E-state index in [0.717, 1.165) is 26.4 Å². The van der Waals surface area contributed by atoms with E-state index in [1.165, 1.54) is 4.31 Å². The third-order valence-electron chi connectivity index (χ3n) is 4.83. The third kappa shape index (κ3) is 3.39. The Morgan fingerprint density at radius 1 is 1.07 bits per heavy atom. The van der Waals surface area contributed by atoms with E-state index in [1.807, 2.05) is 31.2 Å². The van der Waals surface area contributed by atoms with Crippen LogP contribution in [0.25, 0.3) is 10.8 Å². The van der Waals surface area contributed by atoms with Crippen LogP contribution in [0, 0.1) is 6.92 Å². The summed E-state index contributed by atoms with van der Waals surface area (Å²) in [6.45, 7) is 2.77. The molecule has 0 spiro atoms. The molecule has 0 radical (unpaired) electrons. The first kappa shape index (κ1) is 18.2. The number of amidine groups is 1. The van der Waals surface area contributed by atoms with Crippen LogP contribution in [0.15, 0.2) is 75.0 Å². The highest BCUT2D eigenvalue weighted by Crippen LogP contribution is 2.26. The van der Waals surface area contributed by atoms with E-state index in [-0.39, 0.29) is 0 Å². The molecule has 27 heavy (non-hydrogen) atoms. The van der Waals surface area contributed by atoms with Crippen LogP contribution in [-0.4, -0.2) is 31.6 Å². The number of sulfonamides is 1. The van der Waals surface area contributed by atoms with Gasteiger partial charge in [-0.2, -0.15) is 0 Å². The van der Waals surface area contributed by atoms with E-state index in [9.17, 15) is 8.42 Å². The standard InChI is InChI=1S/C21H19BrN2O2S/c1-15-13-18(9-10-20(15)22)27(25,26)24-12-11-23-21(24)14-17-7-4-6-16-5-2-3-8-19(16)17/h2-10,13H,11-12,14H2,1H3. The lowest BCUT2D eigenvalue weighted by Crippen LogP contribution is -2.35. The summed E-state index contributed by atoms with van der Waals surface area (Å²) >= 11 is 3.43. The van der Waals surface area contributed by atoms with Crippen molar-refractivity contribution in [1.29, 1.82) is 0 Å². The largest absolute Gasteiger partial charge is 0.269 e. The Labute approximate surface area is 167 Å². The van der Waals surface area contributed by atoms with Gasteiger partial charge >= 0.3 is 0 Å². The van der Waals surface area contributed by atoms with Crippen molar-refractivity contribution in [3.05, 3.63) is 76.3 Å². The number of nitrogens with zero attached hydrogens (tertiary/aromatic N) is 2. The highest BCUT2D eigenvalue weighted by atomic mass is 79.9. The van der Waals surface area contributed by atoms with Crippen molar-refractivity contribution in [3.8, 4) is 0 Å². The molecular formula is C21H19BrN2O2S. The molecule has 1 aliphatic rings. The smallest absolute Gasteiger partial charge is 0.265 e. The number of halogens is 1. The third-order valence-corrected chi connectivity index (χ3v) is 7.54. The summed E-state index contributed by atoms with van der Waals surface area (Å²) in [5, 5.41) is 2.28. The molecule has 0 N–H and O–H groups in total. The molecule has 4 rings (SSSR count). The Bertz CT molecular complexity index is 1150. The molecule has 3 aromatic rings. The predicted octanol–water partition coefficient (Wildman–Crippen LogP) is 4.56. The maximum atomic E-state index is 13.2. The van der Waals surface area contributed by atoms with Gasteiger partial charge in [0.25, 0.3) is 10.0 Å². The molecule has 3 aromatic carbocycles. The van der Waals surface area contributed by atoms with E-state index in [0.29, 0.717) is 30.2 Å². The fourth-order valence-electron chi connectivity index (χ4n) is 3.40. The van der Waals surface area contributed by atoms with Gasteiger partial charge in [-0.3, -0.25) is 9.30 Å². The number of fused-ring (bicyclic) bond motifs is 1. The lowest BCUT2D eigenvalue weighted by atomic mass is 10.0. The Hall–Kier alpha value is -2.18. The summed E-state index contributed by atoms with van der Waals surface area (Å²) in [5.74, 6) is 0.604. The SMILES string of the molecule is Cc1cc(S(=O)(=O)N2CCN=C2Cc2cccc3ccccc23)ccc1Br. The molecule has 0 aromatic heterocycles. The number of rotatable bonds is 4. The van der Waals surface area contributed by atoms with Gasteiger partial charge in [0.2, 0.25) is 0 Å². The fourth-order valence-corrected chi connectivity index (χ4v) is 5.19. The van der Waals surface area contributed by atoms with Gasteiger partial charge in [0.1, 0.15) is 5.84 Å². The number of aliphatic imine (C=N–C) groups is 1. The first-order valence-corrected chi connectivity index (χ1v) is 11.0. The van der Waals surface area contributed by atoms with Crippen molar-refractivity contribution >= 4 is 42.6 Å². The minimum Gasteiger partial charge on any atom is -0.269 e. The zero-order valence-corrected chi connectivity index (χ0v) is 17.3. The number of hydrogen-bond acceptors (Lipinski definition) is 3. The van der Waals surface area contributed by atoms with Gasteiger partial charge in [0.05, 0.1) is 18.0 Å². The van der Waals surface area contributed by atoms with Crippen LogP contribution in [-0.2, 0) is 16.4 Å². The summed E-state index contributed by atoms with van der Waals surface area (Å²) < 4.78 is 28.7. The van der Waals surface area contributed by atoms with Gasteiger partial charge in [-0.25, -0.2) is 8.42 Å². The molecular weight excluding hydrogens is 424 g/mol. The quantitative estimate of drug-likeness (QED) is 0.594. The highest BCUT2D eigenvalue weighted by molar-refractivity contribution is 9.10. The molecule has 0 amide bonds. The topological polar surface area (TPSA) is 49.7 Å². The molecule has 4 nitrogen and oxygen atoms in total. The van der Waals surface area contributed by atoms with Crippen LogP contribution in [0.3, 0.4) is 0 Å². The van der Waals surface area contributed by atoms with Crippen LogP contribution >= 0.6 is 15.9 Å². The second kappa shape index (κ2) is 7.09. The van der Waals surface area contributed by atoms with E-state index in [2.05, 4.69) is 39.1 Å². The van der Waals surface area contributed by atoms with Crippen LogP contribution < -0.4 is 0 Å². The average molecular weight is 443 g/mol. The molecule has 0 fully saturated rings. The molecule has 6 heteroatoms. The molecule has 0 bridgehead atoms. The predicted molar refractivity (Wildman–Crippen MR) is 113 cm³/mol. The summed E-state index contributed by atoms with van der Waals surface area (Å²) in [6, 6.07) is 19.4. The van der Waals surface area contributed by atoms with Crippen molar-refractivity contribution in [2.75, 3.05) is 13.1 Å². The van der Waals surface area contributed by atoms with Crippen LogP contribution in [0.1, 0.15) is 11.1 Å². The van der Waals surface area contributed by atoms with Crippen molar-refractivity contribution in [1.82, 2.24) is 4.31 Å². The van der Waals surface area contributed by atoms with Gasteiger partial charge < -0.3 is 0 Å². The second-order valence-corrected chi connectivity index (χ2v) is 9.32. The van der Waals surface area contributed by atoms with E-state index < -0.39 is 10.0 Å². The van der Waals surface area contributed by atoms with Crippen LogP contribution in [0.4, 0.5) is 0 Å². The maximum absolute atomic E-state index is 13.2. The van der Waals surface area contributed by atoms with Gasteiger partial charge in [-0.15, -0.1) is 0 Å². The Morgan fingerprint density at radius 3 is 2.67 bits per heavy atom. The fraction of sp³-hybridized carbons (Fsp3) is 0.190. The molecule has 0 atom stereocenters. The summed E-state index contributed by atoms with van der Waals surface area (Å²) in [5.41, 5.74) is 1.98. The minimum atomic E-state index is -3.62. The van der Waals surface area contributed by atoms with Crippen molar-refractivity contribution in [2.45, 2.75) is 18.2 Å². The van der Waals surface area contributed by atoms with E-state index in [4.69, 9.17) is 0 Å². The van der Waals surface area contributed by atoms with Crippen molar-refractivity contribution in [3.63, 3.8) is 0 Å². The zero-order valence-electron chi connectivity index (χ0n) is 14.9. The normalized spacial score (nSPS) is 14.6. The van der Waals surface area contributed by atoms with Crippen LogP contribution in [0.2, 0.25) is 0 Å². The molecule has 1 heterocycles. The molecule has 1 aliphatic heterocycles. The average Bonchev–Trinajstić information content (AvgIpc) is 3.13. The monoisotopic (exact) mass is 442 g/mol. The van der Waals surface area contributed by atoms with Gasteiger partial charge in [0, 0.05) is 10.9 Å². The zero-order chi connectivity index (χ0) is 19.0. The molecule has 0 saturated carbocycles. The lowest BCUT2D eigenvalue weighted by molar-refractivity contribution is 0.535. The van der Waals surface area contributed by atoms with Gasteiger partial charge in [0.15, 0.2) is 0 Å². The summed E-state index contributed by atoms with van der Waals surface area (Å²) in [4.78, 5) is 4.81. The Balaban J connectivity index is 1.68. The van der Waals surface area contributed by atoms with Crippen LogP contribution in [0.5, 0.6) is 0 Å². The first-order chi connectivity index (χ1) is 13.0. The number of benzene rings is 3. The van der Waals surface area contributed by atoms with E-state index >= 15 is 0 Å². The molecule has 138 valence electrons. The van der Waals surface area contributed by atoms with E-state index in [1.54, 1.807) is 18.2 Å². The molecule has 0 saturated heterocycles. The first-order valence-electron chi connectivity index (χ1n) is 8.76. The number of aryl methyl sites for hydroxylation is 1. The maximum Gasteiger partial charge on any atom is 0.265 e. The highest BCUT2D eigenvalue weighted by Gasteiger charge is 2.30. The minimum absolute atomic E-state index is 0.302. The summed E-state index contributed by atoms with van der Waals surface area (Å²) in [6.07, 6.45) is 0.496. The lowest BCUT2D eigenvalue weighted by Gasteiger charge is -2.21.